The third-order valence-electron chi connectivity index (χ3n) is 2.67. The van der Waals surface area contributed by atoms with E-state index in [-0.39, 0.29) is 0 Å². The van der Waals surface area contributed by atoms with Crippen LogP contribution in [0.5, 0.6) is 0 Å². The topological polar surface area (TPSA) is 18.5 Å². The minimum Gasteiger partial charge on any atom is -0.384 e. The zero-order chi connectivity index (χ0) is 8.81. The molecule has 0 amide bonds. The fourth-order valence-electron chi connectivity index (χ4n) is 1.99. The number of hydrogen-bond acceptors (Lipinski definition) is 2. The molecule has 12 heavy (non-hydrogen) atoms. The molecule has 1 rings (SSSR count). The van der Waals surface area contributed by atoms with Gasteiger partial charge in [-0.05, 0) is 12.3 Å². The summed E-state index contributed by atoms with van der Waals surface area (Å²) >= 11 is 0. The Bertz CT molecular complexity index is 96.4. The van der Waals surface area contributed by atoms with E-state index in [2.05, 4.69) is 6.92 Å². The van der Waals surface area contributed by atoms with E-state index in [9.17, 15) is 0 Å². The van der Waals surface area contributed by atoms with Crippen LogP contribution in [0.4, 0.5) is 0 Å². The molecule has 1 heterocycles. The third-order valence-corrected chi connectivity index (χ3v) is 2.67. The SMILES string of the molecule is CCCC1CCOCC1COC. The molecule has 1 aliphatic rings. The minimum absolute atomic E-state index is 0.642. The molecule has 0 N–H and O–H groups in total. The molecule has 0 radical (unpaired) electrons. The Labute approximate surface area is 75.2 Å². The number of ether oxygens (including phenoxy) is 2. The Morgan fingerprint density at radius 3 is 2.92 bits per heavy atom. The summed E-state index contributed by atoms with van der Waals surface area (Å²) in [6.07, 6.45) is 3.84. The summed E-state index contributed by atoms with van der Waals surface area (Å²) in [4.78, 5) is 0. The normalized spacial score (nSPS) is 30.5. The van der Waals surface area contributed by atoms with E-state index in [1.807, 2.05) is 0 Å². The summed E-state index contributed by atoms with van der Waals surface area (Å²) in [6.45, 7) is 4.97. The van der Waals surface area contributed by atoms with E-state index in [0.717, 1.165) is 25.7 Å². The number of hydrogen-bond donors (Lipinski definition) is 0. The van der Waals surface area contributed by atoms with Crippen LogP contribution < -0.4 is 0 Å². The highest BCUT2D eigenvalue weighted by Gasteiger charge is 2.24. The van der Waals surface area contributed by atoms with Crippen molar-refractivity contribution in [1.29, 1.82) is 0 Å². The molecule has 2 nitrogen and oxygen atoms in total. The average molecular weight is 172 g/mol. The summed E-state index contributed by atoms with van der Waals surface area (Å²) in [5, 5.41) is 0. The van der Waals surface area contributed by atoms with Crippen molar-refractivity contribution in [3.05, 3.63) is 0 Å². The van der Waals surface area contributed by atoms with Crippen LogP contribution in [0.3, 0.4) is 0 Å². The van der Waals surface area contributed by atoms with Crippen LogP contribution in [-0.2, 0) is 9.47 Å². The molecule has 0 aromatic carbocycles. The maximum atomic E-state index is 5.43. The van der Waals surface area contributed by atoms with Gasteiger partial charge in [0.1, 0.15) is 0 Å². The lowest BCUT2D eigenvalue weighted by atomic mass is 9.85. The van der Waals surface area contributed by atoms with Crippen molar-refractivity contribution in [3.8, 4) is 0 Å². The molecule has 0 aromatic rings. The lowest BCUT2D eigenvalue weighted by Gasteiger charge is -2.30. The van der Waals surface area contributed by atoms with Gasteiger partial charge in [-0.1, -0.05) is 19.8 Å². The fourth-order valence-corrected chi connectivity index (χ4v) is 1.99. The summed E-state index contributed by atoms with van der Waals surface area (Å²) in [7, 11) is 1.78. The molecular weight excluding hydrogens is 152 g/mol. The number of rotatable bonds is 4. The maximum absolute atomic E-state index is 5.43. The van der Waals surface area contributed by atoms with E-state index >= 15 is 0 Å². The van der Waals surface area contributed by atoms with Crippen LogP contribution in [-0.4, -0.2) is 26.9 Å². The summed E-state index contributed by atoms with van der Waals surface area (Å²) < 4.78 is 10.6. The van der Waals surface area contributed by atoms with Crippen molar-refractivity contribution in [3.63, 3.8) is 0 Å². The average Bonchev–Trinajstić information content (AvgIpc) is 2.09. The van der Waals surface area contributed by atoms with Crippen molar-refractivity contribution in [2.75, 3.05) is 26.9 Å². The van der Waals surface area contributed by atoms with Gasteiger partial charge in [0.15, 0.2) is 0 Å². The highest BCUT2D eigenvalue weighted by Crippen LogP contribution is 2.26. The maximum Gasteiger partial charge on any atom is 0.0518 e. The molecule has 2 unspecified atom stereocenters. The minimum atomic E-state index is 0.642. The first-order chi connectivity index (χ1) is 5.88. The van der Waals surface area contributed by atoms with Crippen molar-refractivity contribution >= 4 is 0 Å². The van der Waals surface area contributed by atoms with Gasteiger partial charge in [0, 0.05) is 19.6 Å². The molecule has 0 spiro atoms. The van der Waals surface area contributed by atoms with Crippen LogP contribution in [0, 0.1) is 11.8 Å². The Kier molecular flexibility index (Phi) is 4.62. The van der Waals surface area contributed by atoms with Gasteiger partial charge in [-0.15, -0.1) is 0 Å². The Morgan fingerprint density at radius 1 is 1.42 bits per heavy atom. The summed E-state index contributed by atoms with van der Waals surface area (Å²) in [6, 6.07) is 0. The Morgan fingerprint density at radius 2 is 2.25 bits per heavy atom. The number of methoxy groups -OCH3 is 1. The van der Waals surface area contributed by atoms with E-state index < -0.39 is 0 Å². The zero-order valence-electron chi connectivity index (χ0n) is 8.21. The fraction of sp³-hybridized carbons (Fsp3) is 1.00. The van der Waals surface area contributed by atoms with E-state index in [0.29, 0.717) is 5.92 Å². The van der Waals surface area contributed by atoms with Crippen LogP contribution >= 0.6 is 0 Å². The molecule has 1 saturated heterocycles. The monoisotopic (exact) mass is 172 g/mol. The van der Waals surface area contributed by atoms with E-state index in [4.69, 9.17) is 9.47 Å². The van der Waals surface area contributed by atoms with Gasteiger partial charge in [0.2, 0.25) is 0 Å². The van der Waals surface area contributed by atoms with Gasteiger partial charge in [-0.2, -0.15) is 0 Å². The third kappa shape index (κ3) is 2.76. The first kappa shape index (κ1) is 10.0. The second kappa shape index (κ2) is 5.55. The highest BCUT2D eigenvalue weighted by atomic mass is 16.5. The van der Waals surface area contributed by atoms with E-state index in [1.165, 1.54) is 19.3 Å². The molecular formula is C10H20O2. The van der Waals surface area contributed by atoms with Crippen molar-refractivity contribution in [2.45, 2.75) is 26.2 Å². The largest absolute Gasteiger partial charge is 0.384 e. The van der Waals surface area contributed by atoms with Gasteiger partial charge in [-0.3, -0.25) is 0 Å². The predicted octanol–water partition coefficient (Wildman–Crippen LogP) is 2.09. The molecule has 72 valence electrons. The smallest absolute Gasteiger partial charge is 0.0518 e. The van der Waals surface area contributed by atoms with Gasteiger partial charge in [0.05, 0.1) is 13.2 Å². The predicted molar refractivity (Wildman–Crippen MR) is 49.2 cm³/mol. The molecule has 1 aliphatic heterocycles. The summed E-state index contributed by atoms with van der Waals surface area (Å²) in [5.41, 5.74) is 0. The molecule has 0 bridgehead atoms. The second-order valence-electron chi connectivity index (χ2n) is 3.63. The molecule has 1 fully saturated rings. The van der Waals surface area contributed by atoms with Crippen LogP contribution in [0.2, 0.25) is 0 Å². The second-order valence-corrected chi connectivity index (χ2v) is 3.63. The Balaban J connectivity index is 2.31. The summed E-state index contributed by atoms with van der Waals surface area (Å²) in [5.74, 6) is 1.48. The molecule has 2 atom stereocenters. The van der Waals surface area contributed by atoms with Gasteiger partial charge >= 0.3 is 0 Å². The lowest BCUT2D eigenvalue weighted by Crippen LogP contribution is -2.30. The molecule has 0 aromatic heterocycles. The van der Waals surface area contributed by atoms with Crippen molar-refractivity contribution < 1.29 is 9.47 Å². The van der Waals surface area contributed by atoms with Gasteiger partial charge < -0.3 is 9.47 Å². The quantitative estimate of drug-likeness (QED) is 0.646. The molecule has 2 heteroatoms. The van der Waals surface area contributed by atoms with E-state index in [1.54, 1.807) is 7.11 Å². The molecule has 0 saturated carbocycles. The van der Waals surface area contributed by atoms with Crippen LogP contribution in [0.25, 0.3) is 0 Å². The lowest BCUT2D eigenvalue weighted by molar-refractivity contribution is -0.0191. The highest BCUT2D eigenvalue weighted by molar-refractivity contribution is 4.72. The van der Waals surface area contributed by atoms with Gasteiger partial charge in [-0.25, -0.2) is 0 Å². The first-order valence-electron chi connectivity index (χ1n) is 4.95. The zero-order valence-corrected chi connectivity index (χ0v) is 8.21. The van der Waals surface area contributed by atoms with Crippen molar-refractivity contribution in [2.24, 2.45) is 11.8 Å². The van der Waals surface area contributed by atoms with Crippen LogP contribution in [0.1, 0.15) is 26.2 Å². The molecule has 0 aliphatic carbocycles. The first-order valence-corrected chi connectivity index (χ1v) is 4.95. The van der Waals surface area contributed by atoms with Gasteiger partial charge in [0.25, 0.3) is 0 Å². The Hall–Kier alpha value is -0.0800. The van der Waals surface area contributed by atoms with Crippen LogP contribution in [0.15, 0.2) is 0 Å². The standard InChI is InChI=1S/C10H20O2/c1-3-4-9-5-6-12-8-10(9)7-11-2/h9-10H,3-8H2,1-2H3. The van der Waals surface area contributed by atoms with Crippen molar-refractivity contribution in [1.82, 2.24) is 0 Å².